The molecule has 0 bridgehead atoms. The second-order valence-electron chi connectivity index (χ2n) is 18.9. The van der Waals surface area contributed by atoms with E-state index >= 15 is 0 Å². The van der Waals surface area contributed by atoms with Crippen molar-refractivity contribution in [2.24, 2.45) is 0 Å². The third-order valence-electron chi connectivity index (χ3n) is 13.9. The van der Waals surface area contributed by atoms with E-state index in [9.17, 15) is 0 Å². The summed E-state index contributed by atoms with van der Waals surface area (Å²) in [6.45, 7) is 11.3. The van der Waals surface area contributed by atoms with Crippen molar-refractivity contribution in [2.75, 3.05) is 0 Å². The first kappa shape index (κ1) is 46.1. The summed E-state index contributed by atoms with van der Waals surface area (Å²) in [5.74, 6) is 2.12. The number of nitrogens with zero attached hydrogens (tertiary/aromatic N) is 3. The molecule has 0 aliphatic heterocycles. The molecule has 7 rings (SSSR count). The van der Waals surface area contributed by atoms with Gasteiger partial charge in [0.25, 0.3) is 0 Å². The molecule has 0 N–H and O–H groups in total. The topological polar surface area (TPSA) is 38.7 Å². The molecule has 6 aromatic rings. The van der Waals surface area contributed by atoms with Gasteiger partial charge in [-0.1, -0.05) is 244 Å². The summed E-state index contributed by atoms with van der Waals surface area (Å²) in [5.41, 5.74) is 15.6. The number of hydrogen-bond acceptors (Lipinski definition) is 3. The van der Waals surface area contributed by atoms with Crippen LogP contribution in [-0.4, -0.2) is 15.0 Å². The van der Waals surface area contributed by atoms with E-state index in [1.54, 1.807) is 5.56 Å². The Labute approximate surface area is 381 Å². The molecule has 0 saturated heterocycles. The van der Waals surface area contributed by atoms with Gasteiger partial charge in [0, 0.05) is 22.1 Å². The fraction of sp³-hybridized carbons (Fsp3) is 0.450. The third-order valence-corrected chi connectivity index (χ3v) is 13.9. The molecule has 0 radical (unpaired) electrons. The Hall–Kier alpha value is -4.89. The summed E-state index contributed by atoms with van der Waals surface area (Å²) in [6.07, 6.45) is 27.5. The first-order valence-corrected chi connectivity index (χ1v) is 25.2. The molecule has 0 atom stereocenters. The summed E-state index contributed by atoms with van der Waals surface area (Å²) < 4.78 is 0. The highest BCUT2D eigenvalue weighted by Crippen LogP contribution is 2.55. The van der Waals surface area contributed by atoms with E-state index < -0.39 is 0 Å². The van der Waals surface area contributed by atoms with E-state index in [1.807, 2.05) is 0 Å². The van der Waals surface area contributed by atoms with Crippen molar-refractivity contribution in [1.29, 1.82) is 0 Å². The van der Waals surface area contributed by atoms with E-state index in [2.05, 4.69) is 144 Å². The Balaban J connectivity index is 1.13. The molecule has 0 spiro atoms. The predicted molar refractivity (Wildman–Crippen MR) is 270 cm³/mol. The maximum absolute atomic E-state index is 5.13. The molecule has 0 amide bonds. The minimum absolute atomic E-state index is 0.0624. The number of benzene rings is 5. The molecular weight excluding hydrogens is 763 g/mol. The van der Waals surface area contributed by atoms with E-state index in [0.29, 0.717) is 17.5 Å². The molecule has 3 nitrogen and oxygen atoms in total. The lowest BCUT2D eigenvalue weighted by atomic mass is 9.70. The van der Waals surface area contributed by atoms with E-state index in [0.717, 1.165) is 23.1 Å². The molecule has 0 saturated carbocycles. The van der Waals surface area contributed by atoms with Crippen LogP contribution in [0.15, 0.2) is 109 Å². The minimum Gasteiger partial charge on any atom is -0.208 e. The zero-order valence-corrected chi connectivity index (χ0v) is 39.6. The van der Waals surface area contributed by atoms with Gasteiger partial charge >= 0.3 is 0 Å². The second-order valence-corrected chi connectivity index (χ2v) is 18.9. The van der Waals surface area contributed by atoms with Gasteiger partial charge in [-0.25, -0.2) is 15.0 Å². The third kappa shape index (κ3) is 11.8. The highest BCUT2D eigenvalue weighted by atomic mass is 15.0. The molecule has 1 aliphatic carbocycles. The number of hydrogen-bond donors (Lipinski definition) is 0. The van der Waals surface area contributed by atoms with Crippen molar-refractivity contribution >= 4 is 0 Å². The Bertz CT molecular complexity index is 2310. The summed E-state index contributed by atoms with van der Waals surface area (Å²) in [5, 5.41) is 0. The average Bonchev–Trinajstić information content (AvgIpc) is 3.57. The Morgan fingerprint density at radius 1 is 0.349 bits per heavy atom. The van der Waals surface area contributed by atoms with Gasteiger partial charge in [-0.15, -0.1) is 0 Å². The van der Waals surface area contributed by atoms with Crippen molar-refractivity contribution < 1.29 is 0 Å². The van der Waals surface area contributed by atoms with Crippen LogP contribution < -0.4 is 0 Å². The fourth-order valence-electron chi connectivity index (χ4n) is 10.1. The monoisotopic (exact) mass is 838 g/mol. The average molecular weight is 838 g/mol. The molecule has 5 aromatic carbocycles. The number of aryl methyl sites for hydroxylation is 3. The van der Waals surface area contributed by atoms with Gasteiger partial charge < -0.3 is 0 Å². The largest absolute Gasteiger partial charge is 0.208 e. The predicted octanol–water partition coefficient (Wildman–Crippen LogP) is 17.8. The van der Waals surface area contributed by atoms with Gasteiger partial charge in [-0.05, 0) is 84.5 Å². The molecule has 0 unspecified atom stereocenters. The number of fused-ring (bicyclic) bond motifs is 3. The van der Waals surface area contributed by atoms with Crippen molar-refractivity contribution in [2.45, 2.75) is 175 Å². The summed E-state index contributed by atoms with van der Waals surface area (Å²) in [4.78, 5) is 15.3. The number of rotatable bonds is 25. The molecule has 1 aliphatic rings. The van der Waals surface area contributed by atoms with Gasteiger partial charge in [0.05, 0.1) is 0 Å². The Kier molecular flexibility index (Phi) is 17.0. The van der Waals surface area contributed by atoms with Gasteiger partial charge in [0.15, 0.2) is 17.5 Å². The van der Waals surface area contributed by atoms with Crippen molar-refractivity contribution in [3.05, 3.63) is 137 Å². The normalized spacial score (nSPS) is 12.7. The zero-order chi connectivity index (χ0) is 43.9. The first-order chi connectivity index (χ1) is 30.9. The first-order valence-electron chi connectivity index (χ1n) is 25.2. The lowest BCUT2D eigenvalue weighted by Gasteiger charge is -2.33. The fourth-order valence-corrected chi connectivity index (χ4v) is 10.1. The van der Waals surface area contributed by atoms with Crippen LogP contribution in [0.25, 0.3) is 56.4 Å². The molecule has 1 heterocycles. The van der Waals surface area contributed by atoms with E-state index in [4.69, 9.17) is 15.0 Å². The van der Waals surface area contributed by atoms with E-state index in [-0.39, 0.29) is 5.41 Å². The van der Waals surface area contributed by atoms with Gasteiger partial charge in [-0.3, -0.25) is 0 Å². The van der Waals surface area contributed by atoms with Crippen LogP contribution in [0, 0.1) is 13.8 Å². The van der Waals surface area contributed by atoms with Crippen LogP contribution in [-0.2, 0) is 11.8 Å². The van der Waals surface area contributed by atoms with Crippen LogP contribution >= 0.6 is 0 Å². The molecular formula is C60H75N3. The van der Waals surface area contributed by atoms with Crippen molar-refractivity contribution in [3.8, 4) is 56.4 Å². The van der Waals surface area contributed by atoms with Gasteiger partial charge in [0.2, 0.25) is 0 Å². The lowest BCUT2D eigenvalue weighted by molar-refractivity contribution is 0.401. The highest BCUT2D eigenvalue weighted by molar-refractivity contribution is 5.84. The van der Waals surface area contributed by atoms with Crippen molar-refractivity contribution in [3.63, 3.8) is 0 Å². The van der Waals surface area contributed by atoms with Crippen LogP contribution in [0.5, 0.6) is 0 Å². The maximum Gasteiger partial charge on any atom is 0.164 e. The smallest absolute Gasteiger partial charge is 0.164 e. The summed E-state index contributed by atoms with van der Waals surface area (Å²) in [7, 11) is 0. The zero-order valence-electron chi connectivity index (χ0n) is 39.6. The maximum atomic E-state index is 5.13. The van der Waals surface area contributed by atoms with Crippen LogP contribution in [0.4, 0.5) is 0 Å². The molecule has 63 heavy (non-hydrogen) atoms. The summed E-state index contributed by atoms with van der Waals surface area (Å²) in [6, 6.07) is 41.0. The van der Waals surface area contributed by atoms with E-state index in [1.165, 1.54) is 173 Å². The standard InChI is InChI=1S/C60H75N3/c1-6-9-12-15-16-17-18-19-20-21-24-47-28-32-50(33-29-47)58-61-57(49-30-25-45(4)26-31-49)62-59(63-58)51-36-34-48(35-37-51)52-38-40-54-53-39-27-46(5)43-55(53)60(56(54)44-52,41-22-13-10-7-2)42-23-14-11-8-3/h25-40,43-44H,6-24,41-42H2,1-5H3. The highest BCUT2D eigenvalue weighted by Gasteiger charge is 2.42. The summed E-state index contributed by atoms with van der Waals surface area (Å²) >= 11 is 0. The minimum atomic E-state index is 0.0624. The van der Waals surface area contributed by atoms with Crippen LogP contribution in [0.2, 0.25) is 0 Å². The van der Waals surface area contributed by atoms with Gasteiger partial charge in [0.1, 0.15) is 0 Å². The van der Waals surface area contributed by atoms with Crippen LogP contribution in [0.3, 0.4) is 0 Å². The lowest BCUT2D eigenvalue weighted by Crippen LogP contribution is -2.25. The molecule has 330 valence electrons. The second kappa shape index (κ2) is 23.2. The molecule has 1 aromatic heterocycles. The number of unbranched alkanes of at least 4 members (excludes halogenated alkanes) is 15. The SMILES string of the molecule is CCCCCCCCCCCCc1ccc(-c2nc(-c3ccc(C)cc3)nc(-c3ccc(-c4ccc5c(c4)C(CCCCCC)(CCCCCC)c4cc(C)ccc4-5)cc3)n2)cc1. The van der Waals surface area contributed by atoms with Gasteiger partial charge in [-0.2, -0.15) is 0 Å². The van der Waals surface area contributed by atoms with Crippen LogP contribution in [0.1, 0.15) is 177 Å². The molecule has 0 fully saturated rings. The quantitative estimate of drug-likeness (QED) is 0.0539. The number of aromatic nitrogens is 3. The Morgan fingerprint density at radius 2 is 0.730 bits per heavy atom. The van der Waals surface area contributed by atoms with Crippen molar-refractivity contribution in [1.82, 2.24) is 15.0 Å². The Morgan fingerprint density at radius 3 is 1.25 bits per heavy atom. The molecule has 3 heteroatoms.